The Hall–Kier alpha value is -3.68. The Morgan fingerprint density at radius 2 is 1.43 bits per heavy atom. The smallest absolute Gasteiger partial charge is 0.211 e. The Balaban J connectivity index is 2.44. The van der Waals surface area contributed by atoms with E-state index in [-0.39, 0.29) is 5.96 Å². The minimum absolute atomic E-state index is 0.132. The molecule has 0 heterocycles. The van der Waals surface area contributed by atoms with Gasteiger partial charge in [-0.3, -0.25) is 0 Å². The number of allylic oxidation sites excluding steroid dienone is 1. The van der Waals surface area contributed by atoms with Crippen LogP contribution in [0.25, 0.3) is 6.08 Å². The van der Waals surface area contributed by atoms with Gasteiger partial charge in [-0.25, -0.2) is 0 Å². The Labute approximate surface area is 164 Å². The SMILES string of the molecule is COc1ccc(C(/C=C/c2cc(OC)c(OC)c(OC)c2)=N\N=C(N)N)cc1. The average Bonchev–Trinajstić information content (AvgIpc) is 2.72. The van der Waals surface area contributed by atoms with Gasteiger partial charge in [0.1, 0.15) is 5.75 Å². The second kappa shape index (κ2) is 9.86. The monoisotopic (exact) mass is 384 g/mol. The molecule has 0 amide bonds. The summed E-state index contributed by atoms with van der Waals surface area (Å²) < 4.78 is 21.3. The quantitative estimate of drug-likeness (QED) is 0.410. The van der Waals surface area contributed by atoms with E-state index in [2.05, 4.69) is 10.2 Å². The lowest BCUT2D eigenvalue weighted by molar-refractivity contribution is 0.324. The summed E-state index contributed by atoms with van der Waals surface area (Å²) in [6.07, 6.45) is 3.63. The molecule has 0 saturated carbocycles. The van der Waals surface area contributed by atoms with Crippen LogP contribution in [-0.2, 0) is 0 Å². The van der Waals surface area contributed by atoms with Crippen LogP contribution in [0.15, 0.2) is 52.7 Å². The molecule has 0 fully saturated rings. The summed E-state index contributed by atoms with van der Waals surface area (Å²) >= 11 is 0. The van der Waals surface area contributed by atoms with Gasteiger partial charge in [0.05, 0.1) is 34.2 Å². The van der Waals surface area contributed by atoms with Crippen LogP contribution in [0, 0.1) is 0 Å². The number of guanidine groups is 1. The molecule has 0 aliphatic rings. The highest BCUT2D eigenvalue weighted by atomic mass is 16.5. The maximum Gasteiger partial charge on any atom is 0.211 e. The number of nitrogens with two attached hydrogens (primary N) is 2. The average molecular weight is 384 g/mol. The number of rotatable bonds is 8. The number of hydrogen-bond acceptors (Lipinski definition) is 6. The Bertz CT molecular complexity index is 861. The van der Waals surface area contributed by atoms with Gasteiger partial charge in [-0.1, -0.05) is 6.08 Å². The second-order valence-electron chi connectivity index (χ2n) is 5.53. The third kappa shape index (κ3) is 5.16. The van der Waals surface area contributed by atoms with Gasteiger partial charge in [0.15, 0.2) is 11.5 Å². The molecule has 0 aliphatic heterocycles. The van der Waals surface area contributed by atoms with Gasteiger partial charge < -0.3 is 30.4 Å². The Morgan fingerprint density at radius 1 is 0.821 bits per heavy atom. The topological polar surface area (TPSA) is 114 Å². The summed E-state index contributed by atoms with van der Waals surface area (Å²) in [6.45, 7) is 0. The van der Waals surface area contributed by atoms with Crippen molar-refractivity contribution in [2.75, 3.05) is 28.4 Å². The molecule has 4 N–H and O–H groups in total. The molecule has 8 nitrogen and oxygen atoms in total. The number of nitrogens with zero attached hydrogens (tertiary/aromatic N) is 2. The lowest BCUT2D eigenvalue weighted by Crippen LogP contribution is -2.22. The van der Waals surface area contributed by atoms with Gasteiger partial charge >= 0.3 is 0 Å². The fraction of sp³-hybridized carbons (Fsp3) is 0.200. The minimum atomic E-state index is -0.132. The van der Waals surface area contributed by atoms with Crippen molar-refractivity contribution in [2.24, 2.45) is 21.7 Å². The molecule has 0 radical (unpaired) electrons. The number of benzene rings is 2. The molecule has 8 heteroatoms. The second-order valence-corrected chi connectivity index (χ2v) is 5.53. The first-order valence-electron chi connectivity index (χ1n) is 8.31. The van der Waals surface area contributed by atoms with Crippen molar-refractivity contribution in [3.05, 3.63) is 53.6 Å². The Kier molecular flexibility index (Phi) is 7.27. The molecule has 0 spiro atoms. The predicted octanol–water partition coefficient (Wildman–Crippen LogP) is 2.41. The predicted molar refractivity (Wildman–Crippen MR) is 110 cm³/mol. The maximum absolute atomic E-state index is 5.41. The molecular weight excluding hydrogens is 360 g/mol. The maximum atomic E-state index is 5.41. The molecule has 0 aromatic heterocycles. The van der Waals surface area contributed by atoms with Crippen LogP contribution >= 0.6 is 0 Å². The summed E-state index contributed by atoms with van der Waals surface area (Å²) in [6, 6.07) is 11.0. The van der Waals surface area contributed by atoms with E-state index in [4.69, 9.17) is 30.4 Å². The summed E-state index contributed by atoms with van der Waals surface area (Å²) in [5, 5.41) is 7.88. The summed E-state index contributed by atoms with van der Waals surface area (Å²) in [4.78, 5) is 0. The van der Waals surface area contributed by atoms with Gasteiger partial charge in [0.2, 0.25) is 11.7 Å². The molecule has 2 aromatic rings. The van der Waals surface area contributed by atoms with Crippen LogP contribution in [0.2, 0.25) is 0 Å². The molecule has 0 atom stereocenters. The summed E-state index contributed by atoms with van der Waals surface area (Å²) in [5.41, 5.74) is 13.0. The molecule has 0 bridgehead atoms. The van der Waals surface area contributed by atoms with E-state index in [0.717, 1.165) is 16.9 Å². The lowest BCUT2D eigenvalue weighted by atomic mass is 10.1. The summed E-state index contributed by atoms with van der Waals surface area (Å²) in [7, 11) is 6.29. The van der Waals surface area contributed by atoms with Gasteiger partial charge in [0.25, 0.3) is 0 Å². The molecule has 0 aliphatic carbocycles. The van der Waals surface area contributed by atoms with E-state index in [1.54, 1.807) is 34.5 Å². The fourth-order valence-electron chi connectivity index (χ4n) is 2.43. The largest absolute Gasteiger partial charge is 0.497 e. The van der Waals surface area contributed by atoms with Crippen LogP contribution < -0.4 is 30.4 Å². The lowest BCUT2D eigenvalue weighted by Gasteiger charge is -2.12. The van der Waals surface area contributed by atoms with Crippen molar-refractivity contribution in [1.29, 1.82) is 0 Å². The van der Waals surface area contributed by atoms with E-state index in [1.165, 1.54) is 0 Å². The summed E-state index contributed by atoms with van der Waals surface area (Å²) in [5.74, 6) is 2.22. The highest BCUT2D eigenvalue weighted by molar-refractivity contribution is 6.11. The first-order valence-corrected chi connectivity index (χ1v) is 8.31. The van der Waals surface area contributed by atoms with E-state index in [1.807, 2.05) is 42.5 Å². The van der Waals surface area contributed by atoms with Crippen molar-refractivity contribution >= 4 is 17.7 Å². The molecule has 0 saturated heterocycles. The molecular formula is C20H24N4O4. The highest BCUT2D eigenvalue weighted by Gasteiger charge is 2.12. The van der Waals surface area contributed by atoms with Crippen LogP contribution in [0.4, 0.5) is 0 Å². The molecule has 28 heavy (non-hydrogen) atoms. The number of methoxy groups -OCH3 is 4. The van der Waals surface area contributed by atoms with Gasteiger partial charge in [-0.2, -0.15) is 0 Å². The van der Waals surface area contributed by atoms with E-state index in [0.29, 0.717) is 23.0 Å². The van der Waals surface area contributed by atoms with E-state index >= 15 is 0 Å². The zero-order valence-electron chi connectivity index (χ0n) is 16.3. The highest BCUT2D eigenvalue weighted by Crippen LogP contribution is 2.38. The number of hydrogen-bond donors (Lipinski definition) is 2. The first-order chi connectivity index (χ1) is 13.5. The van der Waals surface area contributed by atoms with Crippen molar-refractivity contribution in [3.63, 3.8) is 0 Å². The zero-order chi connectivity index (χ0) is 20.5. The van der Waals surface area contributed by atoms with Gasteiger partial charge in [0, 0.05) is 5.56 Å². The Morgan fingerprint density at radius 3 is 1.89 bits per heavy atom. The van der Waals surface area contributed by atoms with E-state index < -0.39 is 0 Å². The third-order valence-corrected chi connectivity index (χ3v) is 3.78. The molecule has 2 aromatic carbocycles. The van der Waals surface area contributed by atoms with Gasteiger partial charge in [-0.05, 0) is 48.0 Å². The number of ether oxygens (including phenoxy) is 4. The zero-order valence-corrected chi connectivity index (χ0v) is 16.3. The van der Waals surface area contributed by atoms with Crippen molar-refractivity contribution in [2.45, 2.75) is 0 Å². The standard InChI is InChI=1S/C20H24N4O4/c1-25-15-8-6-14(7-9-15)16(23-24-20(21)22)10-5-13-11-17(26-2)19(28-4)18(12-13)27-3/h5-12H,1-4H3,(H4,21,22,24)/b10-5+,23-16-. The normalized spacial score (nSPS) is 11.2. The molecule has 0 unspecified atom stereocenters. The van der Waals surface area contributed by atoms with Crippen LogP contribution in [0.1, 0.15) is 11.1 Å². The van der Waals surface area contributed by atoms with Crippen LogP contribution in [-0.4, -0.2) is 40.1 Å². The molecule has 2 rings (SSSR count). The third-order valence-electron chi connectivity index (χ3n) is 3.78. The first kappa shape index (κ1) is 20.6. The minimum Gasteiger partial charge on any atom is -0.497 e. The van der Waals surface area contributed by atoms with Crippen LogP contribution in [0.5, 0.6) is 23.0 Å². The van der Waals surface area contributed by atoms with Crippen molar-refractivity contribution in [1.82, 2.24) is 0 Å². The molecule has 148 valence electrons. The van der Waals surface area contributed by atoms with Crippen molar-refractivity contribution < 1.29 is 18.9 Å². The van der Waals surface area contributed by atoms with E-state index in [9.17, 15) is 0 Å². The van der Waals surface area contributed by atoms with Gasteiger partial charge in [-0.15, -0.1) is 10.2 Å². The fourth-order valence-corrected chi connectivity index (χ4v) is 2.43. The van der Waals surface area contributed by atoms with Crippen molar-refractivity contribution in [3.8, 4) is 23.0 Å². The van der Waals surface area contributed by atoms with Crippen LogP contribution in [0.3, 0.4) is 0 Å².